The van der Waals surface area contributed by atoms with Gasteiger partial charge in [-0.25, -0.2) is 4.98 Å². The zero-order chi connectivity index (χ0) is 14.7. The van der Waals surface area contributed by atoms with Gasteiger partial charge >= 0.3 is 0 Å². The SMILES string of the molecule is C=CC[C@H](c1cc2ccccc2nc1Cl)N1CCNCC1. The number of benzene rings is 1. The van der Waals surface area contributed by atoms with Crippen LogP contribution in [0.5, 0.6) is 0 Å². The van der Waals surface area contributed by atoms with Crippen molar-refractivity contribution in [2.45, 2.75) is 12.5 Å². The number of pyridine rings is 1. The highest BCUT2D eigenvalue weighted by atomic mass is 35.5. The first kappa shape index (κ1) is 14.5. The minimum absolute atomic E-state index is 0.259. The second-order valence-corrected chi connectivity index (χ2v) is 5.75. The predicted octanol–water partition coefficient (Wildman–Crippen LogP) is 3.41. The van der Waals surface area contributed by atoms with E-state index in [1.807, 2.05) is 24.3 Å². The highest BCUT2D eigenvalue weighted by molar-refractivity contribution is 6.30. The number of hydrogen-bond acceptors (Lipinski definition) is 3. The van der Waals surface area contributed by atoms with Crippen molar-refractivity contribution in [2.24, 2.45) is 0 Å². The molecule has 1 aromatic heterocycles. The van der Waals surface area contributed by atoms with Crippen LogP contribution in [0.3, 0.4) is 0 Å². The Kier molecular flexibility index (Phi) is 4.54. The standard InChI is InChI=1S/C17H20ClN3/c1-2-5-16(21-10-8-19-9-11-21)14-12-13-6-3-4-7-15(13)20-17(14)18/h2-4,6-7,12,16,19H,1,5,8-11H2/t16-/m1/s1. The van der Waals surface area contributed by atoms with Crippen LogP contribution >= 0.6 is 11.6 Å². The number of aromatic nitrogens is 1. The normalized spacial score (nSPS) is 17.8. The van der Waals surface area contributed by atoms with Crippen LogP contribution in [-0.2, 0) is 0 Å². The third-order valence-electron chi connectivity index (χ3n) is 4.05. The minimum Gasteiger partial charge on any atom is -0.314 e. The van der Waals surface area contributed by atoms with Gasteiger partial charge in [0.15, 0.2) is 0 Å². The van der Waals surface area contributed by atoms with E-state index in [-0.39, 0.29) is 6.04 Å². The summed E-state index contributed by atoms with van der Waals surface area (Å²) in [7, 11) is 0. The van der Waals surface area contributed by atoms with Gasteiger partial charge in [-0.2, -0.15) is 0 Å². The van der Waals surface area contributed by atoms with E-state index < -0.39 is 0 Å². The number of nitrogens with one attached hydrogen (secondary N) is 1. The van der Waals surface area contributed by atoms with E-state index >= 15 is 0 Å². The average Bonchev–Trinajstić information content (AvgIpc) is 2.53. The Morgan fingerprint density at radius 2 is 2.10 bits per heavy atom. The Morgan fingerprint density at radius 1 is 1.33 bits per heavy atom. The van der Waals surface area contributed by atoms with Crippen molar-refractivity contribution < 1.29 is 0 Å². The van der Waals surface area contributed by atoms with Gasteiger partial charge in [0.2, 0.25) is 0 Å². The summed E-state index contributed by atoms with van der Waals surface area (Å²) in [5.74, 6) is 0. The van der Waals surface area contributed by atoms with Crippen molar-refractivity contribution in [3.63, 3.8) is 0 Å². The van der Waals surface area contributed by atoms with Gasteiger partial charge in [-0.15, -0.1) is 6.58 Å². The van der Waals surface area contributed by atoms with Crippen LogP contribution < -0.4 is 5.32 Å². The summed E-state index contributed by atoms with van der Waals surface area (Å²) in [6.45, 7) is 8.01. The van der Waals surface area contributed by atoms with Gasteiger partial charge < -0.3 is 5.32 Å². The molecule has 0 spiro atoms. The predicted molar refractivity (Wildman–Crippen MR) is 88.8 cm³/mol. The topological polar surface area (TPSA) is 28.2 Å². The van der Waals surface area contributed by atoms with E-state index in [4.69, 9.17) is 11.6 Å². The Bertz CT molecular complexity index is 635. The first-order valence-electron chi connectivity index (χ1n) is 7.40. The number of piperazine rings is 1. The van der Waals surface area contributed by atoms with Gasteiger partial charge in [0.25, 0.3) is 0 Å². The van der Waals surface area contributed by atoms with Crippen molar-refractivity contribution in [1.29, 1.82) is 0 Å². The molecule has 0 radical (unpaired) electrons. The first-order chi connectivity index (χ1) is 10.3. The van der Waals surface area contributed by atoms with Crippen LogP contribution in [0.1, 0.15) is 18.0 Å². The van der Waals surface area contributed by atoms with Crippen molar-refractivity contribution in [1.82, 2.24) is 15.2 Å². The molecule has 21 heavy (non-hydrogen) atoms. The van der Waals surface area contributed by atoms with E-state index in [1.54, 1.807) is 0 Å². The number of fused-ring (bicyclic) bond motifs is 1. The van der Waals surface area contributed by atoms with Gasteiger partial charge in [-0.3, -0.25) is 4.90 Å². The molecule has 0 bridgehead atoms. The maximum atomic E-state index is 6.47. The van der Waals surface area contributed by atoms with E-state index in [0.717, 1.165) is 49.1 Å². The Morgan fingerprint density at radius 3 is 2.86 bits per heavy atom. The van der Waals surface area contributed by atoms with Gasteiger partial charge in [-0.05, 0) is 18.6 Å². The van der Waals surface area contributed by atoms with Gasteiger partial charge in [0.05, 0.1) is 5.52 Å². The van der Waals surface area contributed by atoms with Crippen LogP contribution in [0.25, 0.3) is 10.9 Å². The molecule has 1 aromatic carbocycles. The summed E-state index contributed by atoms with van der Waals surface area (Å²) in [4.78, 5) is 7.03. The van der Waals surface area contributed by atoms with E-state index in [1.165, 1.54) is 0 Å². The lowest BCUT2D eigenvalue weighted by atomic mass is 10.0. The van der Waals surface area contributed by atoms with E-state index in [0.29, 0.717) is 5.15 Å². The lowest BCUT2D eigenvalue weighted by molar-refractivity contribution is 0.174. The largest absolute Gasteiger partial charge is 0.314 e. The lowest BCUT2D eigenvalue weighted by Gasteiger charge is -2.35. The molecule has 1 fully saturated rings. The molecule has 1 aliphatic heterocycles. The lowest BCUT2D eigenvalue weighted by Crippen LogP contribution is -2.45. The van der Waals surface area contributed by atoms with Crippen LogP contribution in [0, 0.1) is 0 Å². The minimum atomic E-state index is 0.259. The number of halogens is 1. The second-order valence-electron chi connectivity index (χ2n) is 5.39. The third-order valence-corrected chi connectivity index (χ3v) is 4.35. The summed E-state index contributed by atoms with van der Waals surface area (Å²) in [6.07, 6.45) is 2.86. The molecule has 1 aliphatic rings. The van der Waals surface area contributed by atoms with Crippen molar-refractivity contribution >= 4 is 22.5 Å². The number of nitrogens with zero attached hydrogens (tertiary/aromatic N) is 2. The monoisotopic (exact) mass is 301 g/mol. The molecular formula is C17H20ClN3. The van der Waals surface area contributed by atoms with Gasteiger partial charge in [0, 0.05) is 43.2 Å². The van der Waals surface area contributed by atoms with Crippen LogP contribution in [0.15, 0.2) is 43.0 Å². The summed E-state index contributed by atoms with van der Waals surface area (Å²) >= 11 is 6.47. The van der Waals surface area contributed by atoms with Gasteiger partial charge in [-0.1, -0.05) is 35.9 Å². The zero-order valence-electron chi connectivity index (χ0n) is 12.1. The molecule has 3 nitrogen and oxygen atoms in total. The van der Waals surface area contributed by atoms with Crippen molar-refractivity contribution in [3.8, 4) is 0 Å². The Balaban J connectivity index is 2.01. The molecule has 2 aromatic rings. The smallest absolute Gasteiger partial charge is 0.134 e. The molecule has 0 amide bonds. The summed E-state index contributed by atoms with van der Waals surface area (Å²) in [5.41, 5.74) is 2.06. The molecule has 2 heterocycles. The average molecular weight is 302 g/mol. The summed E-state index contributed by atoms with van der Waals surface area (Å²) in [6, 6.07) is 10.6. The maximum Gasteiger partial charge on any atom is 0.134 e. The molecule has 4 heteroatoms. The van der Waals surface area contributed by atoms with Crippen LogP contribution in [-0.4, -0.2) is 36.1 Å². The second kappa shape index (κ2) is 6.56. The number of hydrogen-bond donors (Lipinski definition) is 1. The first-order valence-corrected chi connectivity index (χ1v) is 7.78. The Hall–Kier alpha value is -1.42. The Labute approximate surface area is 130 Å². The fraction of sp³-hybridized carbons (Fsp3) is 0.353. The highest BCUT2D eigenvalue weighted by Gasteiger charge is 2.23. The molecule has 1 N–H and O–H groups in total. The van der Waals surface area contributed by atoms with Crippen LogP contribution in [0.2, 0.25) is 5.15 Å². The maximum absolute atomic E-state index is 6.47. The van der Waals surface area contributed by atoms with Gasteiger partial charge in [0.1, 0.15) is 5.15 Å². The van der Waals surface area contributed by atoms with Crippen molar-refractivity contribution in [3.05, 3.63) is 53.7 Å². The molecule has 3 rings (SSSR count). The molecule has 110 valence electrons. The highest BCUT2D eigenvalue weighted by Crippen LogP contribution is 2.32. The molecule has 0 aliphatic carbocycles. The molecular weight excluding hydrogens is 282 g/mol. The fourth-order valence-electron chi connectivity index (χ4n) is 2.97. The van der Waals surface area contributed by atoms with Crippen molar-refractivity contribution in [2.75, 3.05) is 26.2 Å². The molecule has 1 atom stereocenters. The van der Waals surface area contributed by atoms with Crippen LogP contribution in [0.4, 0.5) is 0 Å². The number of rotatable bonds is 4. The van der Waals surface area contributed by atoms with E-state index in [9.17, 15) is 0 Å². The quantitative estimate of drug-likeness (QED) is 0.693. The fourth-order valence-corrected chi connectivity index (χ4v) is 3.24. The molecule has 1 saturated heterocycles. The molecule has 0 saturated carbocycles. The number of para-hydroxylation sites is 1. The molecule has 0 unspecified atom stereocenters. The zero-order valence-corrected chi connectivity index (χ0v) is 12.8. The van der Waals surface area contributed by atoms with E-state index in [2.05, 4.69) is 33.9 Å². The summed E-state index contributed by atoms with van der Waals surface area (Å²) < 4.78 is 0. The summed E-state index contributed by atoms with van der Waals surface area (Å²) in [5, 5.41) is 5.14. The third kappa shape index (κ3) is 3.10.